The quantitative estimate of drug-likeness (QED) is 0.875. The van der Waals surface area contributed by atoms with Gasteiger partial charge in [-0.3, -0.25) is 9.58 Å². The van der Waals surface area contributed by atoms with Gasteiger partial charge >= 0.3 is 0 Å². The summed E-state index contributed by atoms with van der Waals surface area (Å²) in [6, 6.07) is 0.260. The average molecular weight is 293 g/mol. The topological polar surface area (TPSA) is 46.0 Å². The van der Waals surface area contributed by atoms with Crippen LogP contribution >= 0.6 is 0 Å². The second-order valence-corrected chi connectivity index (χ2v) is 6.72. The lowest BCUT2D eigenvalue weighted by Crippen LogP contribution is -2.53. The summed E-state index contributed by atoms with van der Waals surface area (Å²) in [7, 11) is 1.99. The van der Waals surface area contributed by atoms with Crippen LogP contribution in [0.3, 0.4) is 0 Å². The standard InChI is InChI=1S/C16H31N5/c1-5-10-17-15(14-13-18-19-20(14)4)16(2,3)21-11-8-6-7-9-12-21/h13,15,17H,5-12H2,1-4H3. The van der Waals surface area contributed by atoms with E-state index in [0.717, 1.165) is 13.0 Å². The minimum atomic E-state index is 0.0645. The molecule has 1 aromatic heterocycles. The zero-order chi connectivity index (χ0) is 15.3. The Bertz CT molecular complexity index is 418. The van der Waals surface area contributed by atoms with E-state index in [1.54, 1.807) is 0 Å². The van der Waals surface area contributed by atoms with Crippen LogP contribution in [-0.2, 0) is 7.05 Å². The van der Waals surface area contributed by atoms with Gasteiger partial charge in [-0.2, -0.15) is 0 Å². The van der Waals surface area contributed by atoms with Crippen LogP contribution in [-0.4, -0.2) is 45.1 Å². The number of aromatic nitrogens is 3. The molecule has 2 heterocycles. The molecule has 2 rings (SSSR count). The Labute approximate surface area is 129 Å². The minimum absolute atomic E-state index is 0.0645. The van der Waals surface area contributed by atoms with E-state index in [1.807, 2.05) is 17.9 Å². The van der Waals surface area contributed by atoms with Crippen molar-refractivity contribution in [1.29, 1.82) is 0 Å². The van der Waals surface area contributed by atoms with E-state index < -0.39 is 0 Å². The van der Waals surface area contributed by atoms with E-state index in [-0.39, 0.29) is 11.6 Å². The molecule has 0 spiro atoms. The van der Waals surface area contributed by atoms with E-state index in [1.165, 1.54) is 44.5 Å². The summed E-state index contributed by atoms with van der Waals surface area (Å²) in [6.07, 6.45) is 8.41. The first-order valence-corrected chi connectivity index (χ1v) is 8.40. The highest BCUT2D eigenvalue weighted by atomic mass is 15.4. The normalized spacial score (nSPS) is 19.4. The molecule has 0 saturated carbocycles. The van der Waals surface area contributed by atoms with Gasteiger partial charge in [0.25, 0.3) is 0 Å². The maximum absolute atomic E-state index is 4.13. The molecule has 21 heavy (non-hydrogen) atoms. The molecule has 0 bridgehead atoms. The van der Waals surface area contributed by atoms with Gasteiger partial charge in [-0.1, -0.05) is 25.0 Å². The second-order valence-electron chi connectivity index (χ2n) is 6.72. The van der Waals surface area contributed by atoms with Crippen molar-refractivity contribution in [3.8, 4) is 0 Å². The van der Waals surface area contributed by atoms with Crippen LogP contribution in [0.15, 0.2) is 6.20 Å². The molecule has 1 fully saturated rings. The van der Waals surface area contributed by atoms with Gasteiger partial charge in [-0.05, 0) is 52.7 Å². The van der Waals surface area contributed by atoms with Crippen LogP contribution in [0, 0.1) is 0 Å². The Morgan fingerprint density at radius 1 is 1.24 bits per heavy atom. The molecular weight excluding hydrogens is 262 g/mol. The molecule has 0 radical (unpaired) electrons. The molecule has 5 heteroatoms. The SMILES string of the molecule is CCCNC(c1cnnn1C)C(C)(C)N1CCCCCC1. The summed E-state index contributed by atoms with van der Waals surface area (Å²) in [5.41, 5.74) is 1.24. The first-order valence-electron chi connectivity index (χ1n) is 8.40. The third kappa shape index (κ3) is 3.83. The third-order valence-corrected chi connectivity index (χ3v) is 4.77. The fraction of sp³-hybridized carbons (Fsp3) is 0.875. The zero-order valence-corrected chi connectivity index (χ0v) is 14.1. The fourth-order valence-electron chi connectivity index (χ4n) is 3.39. The van der Waals surface area contributed by atoms with Crippen molar-refractivity contribution in [3.63, 3.8) is 0 Å². The van der Waals surface area contributed by atoms with Crippen molar-refractivity contribution >= 4 is 0 Å². The van der Waals surface area contributed by atoms with Crippen LogP contribution in [0.2, 0.25) is 0 Å². The van der Waals surface area contributed by atoms with Gasteiger partial charge in [0, 0.05) is 12.6 Å². The van der Waals surface area contributed by atoms with Gasteiger partial charge in [-0.25, -0.2) is 0 Å². The molecule has 1 aliphatic heterocycles. The van der Waals surface area contributed by atoms with E-state index in [0.29, 0.717) is 0 Å². The molecule has 1 atom stereocenters. The summed E-state index contributed by atoms with van der Waals surface area (Å²) in [5.74, 6) is 0. The first-order chi connectivity index (χ1) is 10.1. The monoisotopic (exact) mass is 293 g/mol. The third-order valence-electron chi connectivity index (χ3n) is 4.77. The minimum Gasteiger partial charge on any atom is -0.307 e. The van der Waals surface area contributed by atoms with E-state index in [2.05, 4.69) is 41.3 Å². The highest BCUT2D eigenvalue weighted by Crippen LogP contribution is 2.32. The first kappa shape index (κ1) is 16.4. The van der Waals surface area contributed by atoms with Gasteiger partial charge in [0.05, 0.1) is 17.9 Å². The maximum Gasteiger partial charge on any atom is 0.0771 e. The number of rotatable bonds is 6. The number of hydrogen-bond donors (Lipinski definition) is 1. The Kier molecular flexibility index (Phi) is 5.76. The largest absolute Gasteiger partial charge is 0.307 e. The van der Waals surface area contributed by atoms with Crippen LogP contribution < -0.4 is 5.32 Å². The highest BCUT2D eigenvalue weighted by molar-refractivity contribution is 5.11. The van der Waals surface area contributed by atoms with E-state index in [4.69, 9.17) is 0 Å². The Balaban J connectivity index is 2.22. The van der Waals surface area contributed by atoms with Crippen LogP contribution in [0.25, 0.3) is 0 Å². The molecule has 1 aliphatic rings. The molecular formula is C16H31N5. The second kappa shape index (κ2) is 7.36. The molecule has 0 aromatic carbocycles. The lowest BCUT2D eigenvalue weighted by Gasteiger charge is -2.44. The molecule has 0 amide bonds. The Hall–Kier alpha value is -0.940. The molecule has 1 saturated heterocycles. The maximum atomic E-state index is 4.13. The predicted octanol–water partition coefficient (Wildman–Crippen LogP) is 2.51. The lowest BCUT2D eigenvalue weighted by molar-refractivity contribution is 0.0803. The van der Waals surface area contributed by atoms with Crippen LogP contribution in [0.1, 0.15) is 64.6 Å². The van der Waals surface area contributed by atoms with Gasteiger partial charge < -0.3 is 5.32 Å². The van der Waals surface area contributed by atoms with Crippen molar-refractivity contribution in [3.05, 3.63) is 11.9 Å². The summed E-state index contributed by atoms with van der Waals surface area (Å²) in [5, 5.41) is 11.9. The van der Waals surface area contributed by atoms with Crippen molar-refractivity contribution in [2.45, 2.75) is 64.5 Å². The zero-order valence-electron chi connectivity index (χ0n) is 14.1. The smallest absolute Gasteiger partial charge is 0.0771 e. The van der Waals surface area contributed by atoms with Crippen LogP contribution in [0.5, 0.6) is 0 Å². The molecule has 0 aliphatic carbocycles. The molecule has 5 nitrogen and oxygen atoms in total. The van der Waals surface area contributed by atoms with Gasteiger partial charge in [0.15, 0.2) is 0 Å². The number of likely N-dealkylation sites (tertiary alicyclic amines) is 1. The molecule has 1 aromatic rings. The van der Waals surface area contributed by atoms with Crippen molar-refractivity contribution in [2.24, 2.45) is 7.05 Å². The predicted molar refractivity (Wildman–Crippen MR) is 86.2 cm³/mol. The van der Waals surface area contributed by atoms with E-state index >= 15 is 0 Å². The molecule has 1 unspecified atom stereocenters. The van der Waals surface area contributed by atoms with Crippen molar-refractivity contribution < 1.29 is 0 Å². The number of nitrogens with zero attached hydrogens (tertiary/aromatic N) is 4. The van der Waals surface area contributed by atoms with Crippen LogP contribution in [0.4, 0.5) is 0 Å². The highest BCUT2D eigenvalue weighted by Gasteiger charge is 2.37. The fourth-order valence-corrected chi connectivity index (χ4v) is 3.39. The average Bonchev–Trinajstić information content (AvgIpc) is 2.71. The molecule has 1 N–H and O–H groups in total. The Morgan fingerprint density at radius 2 is 1.90 bits per heavy atom. The number of hydrogen-bond acceptors (Lipinski definition) is 4. The summed E-state index contributed by atoms with van der Waals surface area (Å²) in [4.78, 5) is 2.65. The summed E-state index contributed by atoms with van der Waals surface area (Å²) >= 11 is 0. The summed E-state index contributed by atoms with van der Waals surface area (Å²) in [6.45, 7) is 10.3. The summed E-state index contributed by atoms with van der Waals surface area (Å²) < 4.78 is 1.91. The van der Waals surface area contributed by atoms with E-state index in [9.17, 15) is 0 Å². The van der Waals surface area contributed by atoms with Gasteiger partial charge in [0.1, 0.15) is 0 Å². The number of aryl methyl sites for hydroxylation is 1. The number of nitrogens with one attached hydrogen (secondary N) is 1. The Morgan fingerprint density at radius 3 is 2.43 bits per heavy atom. The molecule has 120 valence electrons. The van der Waals surface area contributed by atoms with Crippen molar-refractivity contribution in [1.82, 2.24) is 25.2 Å². The lowest BCUT2D eigenvalue weighted by atomic mass is 9.89. The van der Waals surface area contributed by atoms with Gasteiger partial charge in [-0.15, -0.1) is 5.10 Å². The van der Waals surface area contributed by atoms with Crippen molar-refractivity contribution in [2.75, 3.05) is 19.6 Å². The van der Waals surface area contributed by atoms with Gasteiger partial charge in [0.2, 0.25) is 0 Å².